The molecule has 0 spiro atoms. The molecule has 2 aromatic carbocycles. The Kier molecular flexibility index (Phi) is 6.87. The summed E-state index contributed by atoms with van der Waals surface area (Å²) in [6.45, 7) is 2.02. The van der Waals surface area contributed by atoms with Gasteiger partial charge in [0.1, 0.15) is 11.5 Å². The first-order valence-electron chi connectivity index (χ1n) is 10.6. The molecule has 0 atom stereocenters. The lowest BCUT2D eigenvalue weighted by Crippen LogP contribution is -2.36. The molecule has 4 rings (SSSR count). The van der Waals surface area contributed by atoms with E-state index in [0.717, 1.165) is 24.2 Å². The Morgan fingerprint density at radius 2 is 1.76 bits per heavy atom. The van der Waals surface area contributed by atoms with Crippen LogP contribution < -0.4 is 9.47 Å². The number of esters is 1. The molecule has 1 aliphatic rings. The van der Waals surface area contributed by atoms with E-state index in [9.17, 15) is 9.59 Å². The van der Waals surface area contributed by atoms with Crippen molar-refractivity contribution in [3.8, 4) is 11.5 Å². The third kappa shape index (κ3) is 6.09. The third-order valence-corrected chi connectivity index (χ3v) is 5.17. The van der Waals surface area contributed by atoms with Crippen LogP contribution in [0.5, 0.6) is 11.5 Å². The van der Waals surface area contributed by atoms with Crippen LogP contribution in [0.25, 0.3) is 0 Å². The van der Waals surface area contributed by atoms with Gasteiger partial charge in [-0.1, -0.05) is 17.3 Å². The number of ether oxygens (including phenoxy) is 3. The van der Waals surface area contributed by atoms with Crippen molar-refractivity contribution in [3.63, 3.8) is 0 Å². The number of hydrogen-bond donors (Lipinski definition) is 0. The van der Waals surface area contributed by atoms with Crippen LogP contribution in [0.3, 0.4) is 0 Å². The summed E-state index contributed by atoms with van der Waals surface area (Å²) in [6.07, 6.45) is 1.92. The van der Waals surface area contributed by atoms with Crippen LogP contribution in [0.2, 0.25) is 0 Å². The average Bonchev–Trinajstić information content (AvgIpc) is 3.60. The minimum Gasteiger partial charge on any atom is -0.497 e. The Morgan fingerprint density at radius 1 is 1.06 bits per heavy atom. The molecule has 33 heavy (non-hydrogen) atoms. The van der Waals surface area contributed by atoms with Gasteiger partial charge in [-0.2, -0.15) is 4.98 Å². The normalized spacial score (nSPS) is 12.8. The first-order chi connectivity index (χ1) is 16.0. The topological polar surface area (TPSA) is 104 Å². The number of methoxy groups -OCH3 is 1. The highest BCUT2D eigenvalue weighted by molar-refractivity contribution is 5.91. The number of rotatable bonds is 10. The van der Waals surface area contributed by atoms with E-state index in [-0.39, 0.29) is 25.2 Å². The smallest absolute Gasteiger partial charge is 0.338 e. The first-order valence-corrected chi connectivity index (χ1v) is 10.6. The number of carbonyl (C=O) groups excluding carboxylic acids is 2. The maximum Gasteiger partial charge on any atom is 0.338 e. The van der Waals surface area contributed by atoms with Crippen LogP contribution in [-0.2, 0) is 22.7 Å². The number of aryl methyl sites for hydroxylation is 1. The van der Waals surface area contributed by atoms with Gasteiger partial charge in [-0.15, -0.1) is 0 Å². The molecule has 1 aromatic heterocycles. The minimum absolute atomic E-state index is 0.154. The van der Waals surface area contributed by atoms with Crippen molar-refractivity contribution >= 4 is 11.9 Å². The van der Waals surface area contributed by atoms with Crippen LogP contribution in [-0.4, -0.2) is 46.7 Å². The molecule has 0 radical (unpaired) electrons. The Labute approximate surface area is 191 Å². The molecule has 9 nitrogen and oxygen atoms in total. The van der Waals surface area contributed by atoms with E-state index >= 15 is 0 Å². The molecule has 9 heteroatoms. The largest absolute Gasteiger partial charge is 0.497 e. The Hall–Kier alpha value is -3.88. The molecule has 1 heterocycles. The summed E-state index contributed by atoms with van der Waals surface area (Å²) in [4.78, 5) is 31.0. The lowest BCUT2D eigenvalue weighted by Gasteiger charge is -2.22. The zero-order valence-corrected chi connectivity index (χ0v) is 18.5. The SMILES string of the molecule is COc1ccc(CN(C(=O)COC(=O)c2ccc(OCc3noc(C)n3)cc2)C2CC2)cc1. The van der Waals surface area contributed by atoms with Gasteiger partial charge in [-0.25, -0.2) is 4.79 Å². The molecule has 172 valence electrons. The van der Waals surface area contributed by atoms with Crippen LogP contribution >= 0.6 is 0 Å². The van der Waals surface area contributed by atoms with Crippen molar-refractivity contribution in [2.45, 2.75) is 39.0 Å². The van der Waals surface area contributed by atoms with E-state index < -0.39 is 5.97 Å². The quantitative estimate of drug-likeness (QED) is 0.433. The zero-order valence-electron chi connectivity index (χ0n) is 18.5. The second kappa shape index (κ2) is 10.2. The van der Waals surface area contributed by atoms with Gasteiger partial charge in [0.15, 0.2) is 13.2 Å². The lowest BCUT2D eigenvalue weighted by atomic mass is 10.2. The molecular formula is C24H25N3O6. The van der Waals surface area contributed by atoms with E-state index in [1.807, 2.05) is 24.3 Å². The van der Waals surface area contributed by atoms with E-state index in [1.165, 1.54) is 0 Å². The minimum atomic E-state index is -0.566. The van der Waals surface area contributed by atoms with Crippen molar-refractivity contribution in [1.29, 1.82) is 0 Å². The molecule has 1 fully saturated rings. The number of amides is 1. The standard InChI is InChI=1S/C24H25N3O6/c1-16-25-22(26-33-16)14-31-21-11-5-18(6-12-21)24(29)32-15-23(28)27(19-7-8-19)13-17-3-9-20(30-2)10-4-17/h3-6,9-12,19H,7-8,13-15H2,1-2H3. The molecule has 0 N–H and O–H groups in total. The summed E-state index contributed by atoms with van der Waals surface area (Å²) in [6, 6.07) is 14.2. The third-order valence-electron chi connectivity index (χ3n) is 5.17. The van der Waals surface area contributed by atoms with Crippen LogP contribution in [0, 0.1) is 6.92 Å². The second-order valence-corrected chi connectivity index (χ2v) is 7.72. The van der Waals surface area contributed by atoms with Gasteiger partial charge < -0.3 is 23.6 Å². The van der Waals surface area contributed by atoms with E-state index in [0.29, 0.717) is 29.6 Å². The molecule has 0 unspecified atom stereocenters. The molecule has 0 aliphatic heterocycles. The van der Waals surface area contributed by atoms with Crippen molar-refractivity contribution < 1.29 is 28.3 Å². The van der Waals surface area contributed by atoms with Gasteiger partial charge in [0, 0.05) is 19.5 Å². The molecule has 0 saturated heterocycles. The number of benzene rings is 2. The molecule has 1 amide bonds. The van der Waals surface area contributed by atoms with E-state index in [4.69, 9.17) is 18.7 Å². The fourth-order valence-electron chi connectivity index (χ4n) is 3.26. The van der Waals surface area contributed by atoms with E-state index in [1.54, 1.807) is 43.2 Å². The lowest BCUT2D eigenvalue weighted by molar-refractivity contribution is -0.135. The predicted molar refractivity (Wildman–Crippen MR) is 117 cm³/mol. The molecule has 1 saturated carbocycles. The van der Waals surface area contributed by atoms with Crippen LogP contribution in [0.15, 0.2) is 53.1 Å². The maximum atomic E-state index is 12.7. The fourth-order valence-corrected chi connectivity index (χ4v) is 3.26. The maximum absolute atomic E-state index is 12.7. The summed E-state index contributed by atoms with van der Waals surface area (Å²) < 4.78 is 20.9. The summed E-state index contributed by atoms with van der Waals surface area (Å²) in [5, 5.41) is 3.76. The van der Waals surface area contributed by atoms with Crippen molar-refractivity contribution in [1.82, 2.24) is 15.0 Å². The summed E-state index contributed by atoms with van der Waals surface area (Å²) in [5.41, 5.74) is 1.33. The molecule has 1 aliphatic carbocycles. The van der Waals surface area contributed by atoms with Crippen LogP contribution in [0.1, 0.15) is 40.5 Å². The Bertz CT molecular complexity index is 1090. The molecular weight excluding hydrogens is 426 g/mol. The number of hydrogen-bond acceptors (Lipinski definition) is 8. The van der Waals surface area contributed by atoms with Gasteiger partial charge in [0.2, 0.25) is 11.7 Å². The number of aromatic nitrogens is 2. The summed E-state index contributed by atoms with van der Waals surface area (Å²) in [5.74, 6) is 1.43. The second-order valence-electron chi connectivity index (χ2n) is 7.72. The highest BCUT2D eigenvalue weighted by Crippen LogP contribution is 2.29. The highest BCUT2D eigenvalue weighted by Gasteiger charge is 2.33. The molecule has 0 bridgehead atoms. The van der Waals surface area contributed by atoms with Crippen molar-refractivity contribution in [3.05, 3.63) is 71.4 Å². The predicted octanol–water partition coefficient (Wildman–Crippen LogP) is 3.31. The summed E-state index contributed by atoms with van der Waals surface area (Å²) >= 11 is 0. The van der Waals surface area contributed by atoms with Gasteiger partial charge in [0.05, 0.1) is 12.7 Å². The zero-order chi connectivity index (χ0) is 23.2. The Balaban J connectivity index is 1.28. The summed E-state index contributed by atoms with van der Waals surface area (Å²) in [7, 11) is 1.61. The number of nitrogens with zero attached hydrogens (tertiary/aromatic N) is 3. The molecule has 3 aromatic rings. The van der Waals surface area contributed by atoms with Crippen molar-refractivity contribution in [2.75, 3.05) is 13.7 Å². The van der Waals surface area contributed by atoms with Gasteiger partial charge in [-0.05, 0) is 54.8 Å². The van der Waals surface area contributed by atoms with E-state index in [2.05, 4.69) is 10.1 Å². The average molecular weight is 451 g/mol. The fraction of sp³-hybridized carbons (Fsp3) is 0.333. The Morgan fingerprint density at radius 3 is 2.36 bits per heavy atom. The van der Waals surface area contributed by atoms with Gasteiger partial charge >= 0.3 is 5.97 Å². The number of carbonyl (C=O) groups is 2. The van der Waals surface area contributed by atoms with Gasteiger partial charge in [0.25, 0.3) is 5.91 Å². The highest BCUT2D eigenvalue weighted by atomic mass is 16.5. The van der Waals surface area contributed by atoms with Gasteiger partial charge in [-0.3, -0.25) is 4.79 Å². The monoisotopic (exact) mass is 451 g/mol. The first kappa shape index (κ1) is 22.3. The van der Waals surface area contributed by atoms with Crippen molar-refractivity contribution in [2.24, 2.45) is 0 Å². The van der Waals surface area contributed by atoms with Crippen LogP contribution in [0.4, 0.5) is 0 Å².